The predicted octanol–water partition coefficient (Wildman–Crippen LogP) is 3.74. The Bertz CT molecular complexity index is 562. The van der Waals surface area contributed by atoms with Crippen molar-refractivity contribution in [2.45, 2.75) is 46.7 Å². The van der Waals surface area contributed by atoms with Crippen LogP contribution in [-0.2, 0) is 19.5 Å². The van der Waals surface area contributed by atoms with Crippen molar-refractivity contribution >= 4 is 16.5 Å². The van der Waals surface area contributed by atoms with Crippen LogP contribution >= 0.6 is 11.3 Å². The number of aryl methyl sites for hydroxylation is 2. The van der Waals surface area contributed by atoms with Gasteiger partial charge in [0.25, 0.3) is 0 Å². The number of nitrogens with one attached hydrogen (secondary N) is 1. The standard InChI is InChI=1S/C16H25N3OS/c1-5-9-17-10-15-14(6-2)18-16(21-15)19(4)11-13-8-7-12(3)20-13/h7-8,17H,5-6,9-11H2,1-4H3. The lowest BCUT2D eigenvalue weighted by atomic mass is 10.3. The lowest BCUT2D eigenvalue weighted by molar-refractivity contribution is 0.481. The van der Waals surface area contributed by atoms with Crippen molar-refractivity contribution in [3.63, 3.8) is 0 Å². The van der Waals surface area contributed by atoms with Gasteiger partial charge in [0.1, 0.15) is 11.5 Å². The van der Waals surface area contributed by atoms with E-state index in [9.17, 15) is 0 Å². The van der Waals surface area contributed by atoms with Crippen LogP contribution in [0.15, 0.2) is 16.5 Å². The van der Waals surface area contributed by atoms with Crippen LogP contribution in [0.4, 0.5) is 5.13 Å². The highest BCUT2D eigenvalue weighted by Crippen LogP contribution is 2.27. The van der Waals surface area contributed by atoms with Gasteiger partial charge in [0.2, 0.25) is 0 Å². The fourth-order valence-corrected chi connectivity index (χ4v) is 3.28. The number of rotatable bonds is 8. The molecule has 0 aliphatic carbocycles. The van der Waals surface area contributed by atoms with Gasteiger partial charge in [-0.3, -0.25) is 0 Å². The lowest BCUT2D eigenvalue weighted by Gasteiger charge is -2.13. The molecule has 2 aromatic heterocycles. The Labute approximate surface area is 131 Å². The molecule has 0 aliphatic rings. The molecule has 0 aliphatic heterocycles. The van der Waals surface area contributed by atoms with E-state index in [-0.39, 0.29) is 0 Å². The smallest absolute Gasteiger partial charge is 0.185 e. The van der Waals surface area contributed by atoms with E-state index in [1.807, 2.05) is 19.1 Å². The fourth-order valence-electron chi connectivity index (χ4n) is 2.20. The highest BCUT2D eigenvalue weighted by Gasteiger charge is 2.14. The molecule has 0 fully saturated rings. The highest BCUT2D eigenvalue weighted by atomic mass is 32.1. The first kappa shape index (κ1) is 16.0. The zero-order valence-electron chi connectivity index (χ0n) is 13.4. The van der Waals surface area contributed by atoms with Crippen LogP contribution in [0.1, 0.15) is 42.4 Å². The molecule has 116 valence electrons. The summed E-state index contributed by atoms with van der Waals surface area (Å²) in [6.07, 6.45) is 2.14. The Hall–Kier alpha value is -1.33. The third kappa shape index (κ3) is 4.32. The fraction of sp³-hybridized carbons (Fsp3) is 0.562. The number of aromatic nitrogens is 1. The Kier molecular flexibility index (Phi) is 5.82. The summed E-state index contributed by atoms with van der Waals surface area (Å²) in [5.41, 5.74) is 1.21. The van der Waals surface area contributed by atoms with Crippen molar-refractivity contribution in [1.29, 1.82) is 0 Å². The second kappa shape index (κ2) is 7.61. The lowest BCUT2D eigenvalue weighted by Crippen LogP contribution is -2.15. The van der Waals surface area contributed by atoms with Gasteiger partial charge in [-0.1, -0.05) is 13.8 Å². The molecule has 0 unspecified atom stereocenters. The SMILES string of the molecule is CCCNCc1sc(N(C)Cc2ccc(C)o2)nc1CC. The van der Waals surface area contributed by atoms with Gasteiger partial charge in [-0.2, -0.15) is 0 Å². The van der Waals surface area contributed by atoms with Crippen LogP contribution in [0, 0.1) is 6.92 Å². The quantitative estimate of drug-likeness (QED) is 0.754. The van der Waals surface area contributed by atoms with Gasteiger partial charge in [0.15, 0.2) is 5.13 Å². The number of hydrogen-bond donors (Lipinski definition) is 1. The maximum absolute atomic E-state index is 5.64. The van der Waals surface area contributed by atoms with E-state index in [1.54, 1.807) is 11.3 Å². The molecule has 2 heterocycles. The summed E-state index contributed by atoms with van der Waals surface area (Å²) in [5, 5.41) is 4.53. The summed E-state index contributed by atoms with van der Waals surface area (Å²) in [6, 6.07) is 4.03. The third-order valence-corrected chi connectivity index (χ3v) is 4.54. The summed E-state index contributed by atoms with van der Waals surface area (Å²) in [6.45, 7) is 9.05. The van der Waals surface area contributed by atoms with Crippen LogP contribution < -0.4 is 10.2 Å². The molecule has 5 heteroatoms. The van der Waals surface area contributed by atoms with Crippen molar-refractivity contribution in [3.8, 4) is 0 Å². The maximum atomic E-state index is 5.64. The molecule has 0 aromatic carbocycles. The van der Waals surface area contributed by atoms with Crippen LogP contribution in [-0.4, -0.2) is 18.6 Å². The van der Waals surface area contributed by atoms with Crippen molar-refractivity contribution in [1.82, 2.24) is 10.3 Å². The van der Waals surface area contributed by atoms with Crippen molar-refractivity contribution in [2.75, 3.05) is 18.5 Å². The molecule has 1 N–H and O–H groups in total. The van der Waals surface area contributed by atoms with E-state index in [0.717, 1.165) is 49.1 Å². The Morgan fingerprint density at radius 1 is 1.33 bits per heavy atom. The molecule has 2 rings (SSSR count). The van der Waals surface area contributed by atoms with E-state index in [4.69, 9.17) is 9.40 Å². The van der Waals surface area contributed by atoms with Gasteiger partial charge in [0.05, 0.1) is 12.2 Å². The van der Waals surface area contributed by atoms with Gasteiger partial charge in [-0.05, 0) is 38.4 Å². The minimum atomic E-state index is 0.756. The van der Waals surface area contributed by atoms with Crippen molar-refractivity contribution in [3.05, 3.63) is 34.2 Å². The summed E-state index contributed by atoms with van der Waals surface area (Å²) in [5.74, 6) is 1.94. The molecule has 0 amide bonds. The highest BCUT2D eigenvalue weighted by molar-refractivity contribution is 7.15. The van der Waals surface area contributed by atoms with E-state index >= 15 is 0 Å². The summed E-state index contributed by atoms with van der Waals surface area (Å²) in [4.78, 5) is 8.28. The molecule has 0 spiro atoms. The molecule has 0 bridgehead atoms. The van der Waals surface area contributed by atoms with Gasteiger partial charge in [-0.15, -0.1) is 11.3 Å². The largest absolute Gasteiger partial charge is 0.464 e. The number of furan rings is 1. The number of nitrogens with zero attached hydrogens (tertiary/aromatic N) is 2. The average Bonchev–Trinajstić information content (AvgIpc) is 3.05. The molecule has 0 saturated heterocycles. The van der Waals surface area contributed by atoms with E-state index in [0.29, 0.717) is 0 Å². The summed E-state index contributed by atoms with van der Waals surface area (Å²) >= 11 is 1.78. The number of hydrogen-bond acceptors (Lipinski definition) is 5. The number of thiazole rings is 1. The van der Waals surface area contributed by atoms with Crippen LogP contribution in [0.5, 0.6) is 0 Å². The summed E-state index contributed by atoms with van der Waals surface area (Å²) in [7, 11) is 2.07. The van der Waals surface area contributed by atoms with Crippen LogP contribution in [0.3, 0.4) is 0 Å². The van der Waals surface area contributed by atoms with Gasteiger partial charge in [-0.25, -0.2) is 4.98 Å². The molecular weight excluding hydrogens is 282 g/mol. The second-order valence-electron chi connectivity index (χ2n) is 5.27. The molecule has 0 atom stereocenters. The first-order valence-corrected chi connectivity index (χ1v) is 8.41. The summed E-state index contributed by atoms with van der Waals surface area (Å²) < 4.78 is 5.64. The monoisotopic (exact) mass is 307 g/mol. The minimum Gasteiger partial charge on any atom is -0.464 e. The second-order valence-corrected chi connectivity index (χ2v) is 6.33. The van der Waals surface area contributed by atoms with E-state index in [2.05, 4.69) is 31.1 Å². The van der Waals surface area contributed by atoms with E-state index in [1.165, 1.54) is 10.6 Å². The Morgan fingerprint density at radius 2 is 2.14 bits per heavy atom. The zero-order valence-corrected chi connectivity index (χ0v) is 14.2. The van der Waals surface area contributed by atoms with Crippen molar-refractivity contribution < 1.29 is 4.42 Å². The molecule has 0 saturated carbocycles. The molecular formula is C16H25N3OS. The zero-order chi connectivity index (χ0) is 15.2. The van der Waals surface area contributed by atoms with Gasteiger partial charge in [0, 0.05) is 18.5 Å². The van der Waals surface area contributed by atoms with Crippen molar-refractivity contribution in [2.24, 2.45) is 0 Å². The minimum absolute atomic E-state index is 0.756. The van der Waals surface area contributed by atoms with E-state index < -0.39 is 0 Å². The Morgan fingerprint density at radius 3 is 2.76 bits per heavy atom. The first-order chi connectivity index (χ1) is 10.1. The van der Waals surface area contributed by atoms with Gasteiger partial charge >= 0.3 is 0 Å². The molecule has 0 radical (unpaired) electrons. The van der Waals surface area contributed by atoms with Gasteiger partial charge < -0.3 is 14.6 Å². The topological polar surface area (TPSA) is 41.3 Å². The molecule has 4 nitrogen and oxygen atoms in total. The normalized spacial score (nSPS) is 11.0. The predicted molar refractivity (Wildman–Crippen MR) is 89.0 cm³/mol. The Balaban J connectivity index is 2.04. The number of anilines is 1. The molecule has 21 heavy (non-hydrogen) atoms. The first-order valence-electron chi connectivity index (χ1n) is 7.59. The maximum Gasteiger partial charge on any atom is 0.185 e. The third-order valence-electron chi connectivity index (χ3n) is 3.33. The van der Waals surface area contributed by atoms with Crippen LogP contribution in [0.2, 0.25) is 0 Å². The average molecular weight is 307 g/mol. The van der Waals surface area contributed by atoms with Crippen LogP contribution in [0.25, 0.3) is 0 Å². The molecule has 2 aromatic rings.